The molecule has 2 rings (SSSR count). The number of amides is 1. The van der Waals surface area contributed by atoms with E-state index in [9.17, 15) is 18.0 Å². The molecule has 3 N–H and O–H groups in total. The van der Waals surface area contributed by atoms with Crippen molar-refractivity contribution in [2.45, 2.75) is 32.0 Å². The van der Waals surface area contributed by atoms with Gasteiger partial charge < -0.3 is 15.7 Å². The highest BCUT2D eigenvalue weighted by Crippen LogP contribution is 2.32. The van der Waals surface area contributed by atoms with E-state index >= 15 is 0 Å². The van der Waals surface area contributed by atoms with Crippen LogP contribution in [-0.4, -0.2) is 47.5 Å². The molecule has 9 heteroatoms. The van der Waals surface area contributed by atoms with Gasteiger partial charge in [0.15, 0.2) is 0 Å². The second-order valence-electron chi connectivity index (χ2n) is 5.99. The van der Waals surface area contributed by atoms with Crippen LogP contribution >= 0.6 is 0 Å². The van der Waals surface area contributed by atoms with Gasteiger partial charge in [0.05, 0.1) is 16.8 Å². The van der Waals surface area contributed by atoms with Gasteiger partial charge in [-0.3, -0.25) is 9.69 Å². The summed E-state index contributed by atoms with van der Waals surface area (Å²) in [4.78, 5) is 13.5. The predicted octanol–water partition coefficient (Wildman–Crippen LogP) is 2.50. The van der Waals surface area contributed by atoms with Gasteiger partial charge in [-0.25, -0.2) is 0 Å². The second kappa shape index (κ2) is 7.73. The molecule has 1 aliphatic rings. The molecule has 1 aromatic carbocycles. The molecule has 1 saturated heterocycles. The maximum Gasteiger partial charge on any atom is 0.416 e. The van der Waals surface area contributed by atoms with E-state index in [0.29, 0.717) is 18.3 Å². The normalized spacial score (nSPS) is 19.2. The molecule has 1 aromatic rings. The number of benzene rings is 1. The third-order valence-corrected chi connectivity index (χ3v) is 4.11. The lowest BCUT2D eigenvalue weighted by molar-refractivity contribution is -0.137. The van der Waals surface area contributed by atoms with E-state index in [4.69, 9.17) is 15.7 Å². The Balaban J connectivity index is 2.10. The number of alkyl halides is 3. The van der Waals surface area contributed by atoms with Gasteiger partial charge >= 0.3 is 6.18 Å². The highest BCUT2D eigenvalue weighted by Gasteiger charge is 2.32. The molecule has 0 spiro atoms. The molecule has 0 radical (unpaired) electrons. The summed E-state index contributed by atoms with van der Waals surface area (Å²) in [7, 11) is 0. The average molecular weight is 359 g/mol. The fraction of sp³-hybridized carbons (Fsp3) is 0.500. The van der Waals surface area contributed by atoms with E-state index < -0.39 is 17.6 Å². The van der Waals surface area contributed by atoms with Crippen LogP contribution < -0.4 is 10.5 Å². The lowest BCUT2D eigenvalue weighted by Gasteiger charge is -2.24. The zero-order chi connectivity index (χ0) is 18.6. The van der Waals surface area contributed by atoms with Gasteiger partial charge in [0.2, 0.25) is 0 Å². The Labute approximate surface area is 143 Å². The number of nitrogens with zero attached hydrogens (tertiary/aromatic N) is 2. The molecule has 0 saturated carbocycles. The summed E-state index contributed by atoms with van der Waals surface area (Å²) in [6.45, 7) is 3.17. The first kappa shape index (κ1) is 19.0. The van der Waals surface area contributed by atoms with Gasteiger partial charge in [0.1, 0.15) is 12.4 Å². The van der Waals surface area contributed by atoms with E-state index in [-0.39, 0.29) is 24.0 Å². The largest absolute Gasteiger partial charge is 0.491 e. The number of nitrogens with two attached hydrogens (primary N) is 1. The van der Waals surface area contributed by atoms with Crippen LogP contribution in [0.15, 0.2) is 23.4 Å². The number of hydrogen-bond acceptors (Lipinski definition) is 5. The Bertz CT molecular complexity index is 662. The third kappa shape index (κ3) is 4.85. The van der Waals surface area contributed by atoms with Crippen molar-refractivity contribution >= 4 is 11.6 Å². The Kier molecular flexibility index (Phi) is 5.89. The van der Waals surface area contributed by atoms with Crippen molar-refractivity contribution in [1.29, 1.82) is 0 Å². The van der Waals surface area contributed by atoms with E-state index in [1.54, 1.807) is 6.92 Å². The monoisotopic (exact) mass is 359 g/mol. The lowest BCUT2D eigenvalue weighted by atomic mass is 10.1. The molecule has 25 heavy (non-hydrogen) atoms. The maximum atomic E-state index is 12.8. The Morgan fingerprint density at radius 2 is 2.20 bits per heavy atom. The molecule has 1 fully saturated rings. The molecule has 138 valence electrons. The third-order valence-electron chi connectivity index (χ3n) is 4.11. The summed E-state index contributed by atoms with van der Waals surface area (Å²) >= 11 is 0. The molecule has 6 nitrogen and oxygen atoms in total. The number of carbonyl (C=O) groups is 1. The maximum absolute atomic E-state index is 12.8. The fourth-order valence-electron chi connectivity index (χ4n) is 2.83. The smallest absolute Gasteiger partial charge is 0.416 e. The molecular formula is C16H20F3N3O3. The number of likely N-dealkylation sites (tertiary alicyclic amines) is 1. The summed E-state index contributed by atoms with van der Waals surface area (Å²) in [5.41, 5.74) is 4.48. The van der Waals surface area contributed by atoms with Crippen molar-refractivity contribution in [3.8, 4) is 5.75 Å². The Hall–Kier alpha value is -2.29. The number of hydrogen-bond donors (Lipinski definition) is 2. The molecule has 1 unspecified atom stereocenters. The van der Waals surface area contributed by atoms with E-state index in [2.05, 4.69) is 10.1 Å². The lowest BCUT2D eigenvalue weighted by Crippen LogP contribution is -2.37. The zero-order valence-corrected chi connectivity index (χ0v) is 13.7. The SMILES string of the molecule is CC(CN1CCCC1COc1ccc(C(F)(F)F)cc1C(N)=O)=NO. The minimum absolute atomic E-state index is 0.0136. The van der Waals surface area contributed by atoms with Crippen molar-refractivity contribution in [1.82, 2.24) is 4.90 Å². The van der Waals surface area contributed by atoms with Gasteiger partial charge in [-0.15, -0.1) is 0 Å². The average Bonchev–Trinajstić information content (AvgIpc) is 2.98. The topological polar surface area (TPSA) is 88.2 Å². The van der Waals surface area contributed by atoms with Crippen LogP contribution in [0, 0.1) is 0 Å². The van der Waals surface area contributed by atoms with E-state index in [1.165, 1.54) is 0 Å². The van der Waals surface area contributed by atoms with Crippen LogP contribution in [0.25, 0.3) is 0 Å². The van der Waals surface area contributed by atoms with Crippen LogP contribution in [0.5, 0.6) is 5.75 Å². The van der Waals surface area contributed by atoms with Crippen LogP contribution in [0.1, 0.15) is 35.7 Å². The second-order valence-corrected chi connectivity index (χ2v) is 5.99. The number of ether oxygens (including phenoxy) is 1. The van der Waals surface area contributed by atoms with Crippen molar-refractivity contribution in [2.75, 3.05) is 19.7 Å². The highest BCUT2D eigenvalue weighted by molar-refractivity contribution is 5.95. The number of oxime groups is 1. The zero-order valence-electron chi connectivity index (χ0n) is 13.7. The Morgan fingerprint density at radius 1 is 1.48 bits per heavy atom. The standard InChI is InChI=1S/C16H20F3N3O3/c1-10(21-24)8-22-6-2-3-12(22)9-25-14-5-4-11(16(17,18)19)7-13(14)15(20)23/h4-5,7,12,24H,2-3,6,8-9H2,1H3,(H2,20,23). The van der Waals surface area contributed by atoms with Crippen molar-refractivity contribution in [3.05, 3.63) is 29.3 Å². The van der Waals surface area contributed by atoms with Gasteiger partial charge in [-0.05, 0) is 44.5 Å². The first-order valence-electron chi connectivity index (χ1n) is 7.77. The number of halogens is 3. The van der Waals surface area contributed by atoms with Crippen molar-refractivity contribution in [3.63, 3.8) is 0 Å². The van der Waals surface area contributed by atoms with Crippen LogP contribution in [0.4, 0.5) is 13.2 Å². The molecule has 1 atom stereocenters. The molecule has 0 aliphatic carbocycles. The van der Waals surface area contributed by atoms with Crippen molar-refractivity contribution < 1.29 is 27.9 Å². The van der Waals surface area contributed by atoms with Crippen LogP contribution in [0.2, 0.25) is 0 Å². The molecule has 0 bridgehead atoms. The van der Waals surface area contributed by atoms with Crippen LogP contribution in [0.3, 0.4) is 0 Å². The first-order valence-corrected chi connectivity index (χ1v) is 7.77. The van der Waals surface area contributed by atoms with E-state index in [0.717, 1.165) is 31.5 Å². The molecule has 1 aliphatic heterocycles. The van der Waals surface area contributed by atoms with Gasteiger partial charge in [-0.2, -0.15) is 13.2 Å². The summed E-state index contributed by atoms with van der Waals surface area (Å²) in [6, 6.07) is 2.69. The minimum atomic E-state index is -4.56. The molecule has 1 amide bonds. The molecule has 1 heterocycles. The quantitative estimate of drug-likeness (QED) is 0.464. The minimum Gasteiger partial charge on any atom is -0.491 e. The first-order chi connectivity index (χ1) is 11.7. The van der Waals surface area contributed by atoms with E-state index in [1.807, 2.05) is 0 Å². The summed E-state index contributed by atoms with van der Waals surface area (Å²) < 4.78 is 43.9. The molecule has 0 aromatic heterocycles. The number of primary amides is 1. The summed E-state index contributed by atoms with van der Waals surface area (Å²) in [5, 5.41) is 11.9. The highest BCUT2D eigenvalue weighted by atomic mass is 19.4. The van der Waals surface area contributed by atoms with Gasteiger partial charge in [-0.1, -0.05) is 5.16 Å². The predicted molar refractivity (Wildman–Crippen MR) is 84.9 cm³/mol. The summed E-state index contributed by atoms with van der Waals surface area (Å²) in [6.07, 6.45) is -2.79. The number of rotatable bonds is 6. The van der Waals surface area contributed by atoms with Crippen LogP contribution in [-0.2, 0) is 6.18 Å². The number of carbonyl (C=O) groups excluding carboxylic acids is 1. The van der Waals surface area contributed by atoms with Gasteiger partial charge in [0.25, 0.3) is 5.91 Å². The summed E-state index contributed by atoms with van der Waals surface area (Å²) in [5.74, 6) is -0.951. The Morgan fingerprint density at radius 3 is 2.80 bits per heavy atom. The fourth-order valence-corrected chi connectivity index (χ4v) is 2.83. The van der Waals surface area contributed by atoms with Gasteiger partial charge in [0, 0.05) is 12.6 Å². The van der Waals surface area contributed by atoms with Crippen molar-refractivity contribution in [2.24, 2.45) is 10.9 Å². The molecular weight excluding hydrogens is 339 g/mol.